The van der Waals surface area contributed by atoms with E-state index in [2.05, 4.69) is 0 Å². The van der Waals surface area contributed by atoms with E-state index in [1.807, 2.05) is 17.8 Å². The molecule has 1 aromatic carbocycles. The van der Waals surface area contributed by atoms with Crippen LogP contribution in [0.5, 0.6) is 0 Å². The standard InChI is InChI=1S/C16H19NO3S/c18-15(9-11-4-7-21-8-5-11)17-6-3-12-1-2-13(16(19)20)10-14(12)17/h1-2,10-11H,3-9H2,(H,19,20). The van der Waals surface area contributed by atoms with Gasteiger partial charge in [-0.1, -0.05) is 6.07 Å². The van der Waals surface area contributed by atoms with E-state index in [1.165, 1.54) is 0 Å². The zero-order chi connectivity index (χ0) is 14.8. The van der Waals surface area contributed by atoms with E-state index < -0.39 is 5.97 Å². The van der Waals surface area contributed by atoms with Gasteiger partial charge < -0.3 is 10.0 Å². The van der Waals surface area contributed by atoms with Crippen LogP contribution in [0.3, 0.4) is 0 Å². The molecule has 4 nitrogen and oxygen atoms in total. The lowest BCUT2D eigenvalue weighted by Crippen LogP contribution is -2.31. The lowest BCUT2D eigenvalue weighted by Gasteiger charge is -2.24. The Kier molecular flexibility index (Phi) is 4.19. The molecule has 2 aliphatic rings. The van der Waals surface area contributed by atoms with Crippen molar-refractivity contribution in [3.8, 4) is 0 Å². The van der Waals surface area contributed by atoms with Crippen molar-refractivity contribution in [2.24, 2.45) is 5.92 Å². The SMILES string of the molecule is O=C(O)c1ccc2c(c1)N(C(=O)CC1CCSCC1)CC2. The van der Waals surface area contributed by atoms with Crippen LogP contribution >= 0.6 is 11.8 Å². The number of rotatable bonds is 3. The number of carbonyl (C=O) groups is 2. The predicted octanol–water partition coefficient (Wildman–Crippen LogP) is 2.81. The Hall–Kier alpha value is -1.49. The van der Waals surface area contributed by atoms with Crippen LogP contribution in [-0.2, 0) is 11.2 Å². The van der Waals surface area contributed by atoms with Crippen LogP contribution in [0.25, 0.3) is 0 Å². The molecular formula is C16H19NO3S. The molecular weight excluding hydrogens is 286 g/mol. The van der Waals surface area contributed by atoms with E-state index >= 15 is 0 Å². The number of hydrogen-bond acceptors (Lipinski definition) is 3. The van der Waals surface area contributed by atoms with Gasteiger partial charge in [-0.05, 0) is 54.4 Å². The van der Waals surface area contributed by atoms with Gasteiger partial charge in [-0.25, -0.2) is 4.79 Å². The number of carbonyl (C=O) groups excluding carboxylic acids is 1. The molecule has 1 fully saturated rings. The van der Waals surface area contributed by atoms with Crippen molar-refractivity contribution in [2.45, 2.75) is 25.7 Å². The van der Waals surface area contributed by atoms with E-state index in [0.717, 1.165) is 42.0 Å². The highest BCUT2D eigenvalue weighted by molar-refractivity contribution is 7.99. The first-order valence-electron chi connectivity index (χ1n) is 7.39. The van der Waals surface area contributed by atoms with Gasteiger partial charge in [0.1, 0.15) is 0 Å². The van der Waals surface area contributed by atoms with Crippen LogP contribution in [0.2, 0.25) is 0 Å². The summed E-state index contributed by atoms with van der Waals surface area (Å²) in [6.07, 6.45) is 3.65. The Morgan fingerprint density at radius 3 is 2.76 bits per heavy atom. The summed E-state index contributed by atoms with van der Waals surface area (Å²) in [5.41, 5.74) is 2.13. The first-order chi connectivity index (χ1) is 10.1. The van der Waals surface area contributed by atoms with Gasteiger partial charge >= 0.3 is 5.97 Å². The van der Waals surface area contributed by atoms with Gasteiger partial charge in [0.15, 0.2) is 0 Å². The molecule has 3 rings (SSSR count). The van der Waals surface area contributed by atoms with Crippen molar-refractivity contribution in [2.75, 3.05) is 23.0 Å². The third kappa shape index (κ3) is 3.07. The van der Waals surface area contributed by atoms with Gasteiger partial charge in [-0.2, -0.15) is 11.8 Å². The van der Waals surface area contributed by atoms with Gasteiger partial charge in [-0.3, -0.25) is 4.79 Å². The van der Waals surface area contributed by atoms with Crippen LogP contribution in [0.15, 0.2) is 18.2 Å². The third-order valence-corrected chi connectivity index (χ3v) is 5.38. The van der Waals surface area contributed by atoms with Gasteiger partial charge in [0, 0.05) is 18.7 Å². The molecule has 2 heterocycles. The second-order valence-corrected chi connectivity index (χ2v) is 6.93. The molecule has 0 saturated carbocycles. The lowest BCUT2D eigenvalue weighted by molar-refractivity contribution is -0.119. The van der Waals surface area contributed by atoms with Crippen molar-refractivity contribution in [3.05, 3.63) is 29.3 Å². The van der Waals surface area contributed by atoms with E-state index in [4.69, 9.17) is 5.11 Å². The van der Waals surface area contributed by atoms with Crippen molar-refractivity contribution in [3.63, 3.8) is 0 Å². The highest BCUT2D eigenvalue weighted by Crippen LogP contribution is 2.32. The fourth-order valence-corrected chi connectivity index (χ4v) is 4.28. The smallest absolute Gasteiger partial charge is 0.335 e. The molecule has 1 amide bonds. The van der Waals surface area contributed by atoms with Gasteiger partial charge in [0.2, 0.25) is 5.91 Å². The molecule has 0 aliphatic carbocycles. The molecule has 0 atom stereocenters. The van der Waals surface area contributed by atoms with Crippen LogP contribution in [0.1, 0.15) is 35.2 Å². The number of nitrogens with zero attached hydrogens (tertiary/aromatic N) is 1. The number of hydrogen-bond donors (Lipinski definition) is 1. The molecule has 0 spiro atoms. The number of fused-ring (bicyclic) bond motifs is 1. The molecule has 0 unspecified atom stereocenters. The Morgan fingerprint density at radius 1 is 1.29 bits per heavy atom. The summed E-state index contributed by atoms with van der Waals surface area (Å²) in [4.78, 5) is 25.4. The predicted molar refractivity (Wildman–Crippen MR) is 84.1 cm³/mol. The fourth-order valence-electron chi connectivity index (χ4n) is 3.08. The molecule has 2 aliphatic heterocycles. The van der Waals surface area contributed by atoms with Crippen molar-refractivity contribution >= 4 is 29.3 Å². The average molecular weight is 305 g/mol. The molecule has 0 aromatic heterocycles. The van der Waals surface area contributed by atoms with Crippen LogP contribution in [0.4, 0.5) is 5.69 Å². The van der Waals surface area contributed by atoms with E-state index in [9.17, 15) is 9.59 Å². The number of anilines is 1. The Morgan fingerprint density at radius 2 is 2.05 bits per heavy atom. The summed E-state index contributed by atoms with van der Waals surface area (Å²) in [5, 5.41) is 9.10. The number of carboxylic acid groups (broad SMARTS) is 1. The molecule has 5 heteroatoms. The highest BCUT2D eigenvalue weighted by Gasteiger charge is 2.27. The van der Waals surface area contributed by atoms with Gasteiger partial charge in [-0.15, -0.1) is 0 Å². The number of aromatic carboxylic acids is 1. The normalized spacial score (nSPS) is 18.6. The topological polar surface area (TPSA) is 57.6 Å². The van der Waals surface area contributed by atoms with E-state index in [-0.39, 0.29) is 11.5 Å². The first-order valence-corrected chi connectivity index (χ1v) is 8.55. The molecule has 1 aromatic rings. The summed E-state index contributed by atoms with van der Waals surface area (Å²) in [7, 11) is 0. The minimum Gasteiger partial charge on any atom is -0.478 e. The van der Waals surface area contributed by atoms with Crippen molar-refractivity contribution < 1.29 is 14.7 Å². The maximum absolute atomic E-state index is 12.5. The summed E-state index contributed by atoms with van der Waals surface area (Å²) >= 11 is 1.96. The number of amides is 1. The van der Waals surface area contributed by atoms with Crippen LogP contribution < -0.4 is 4.90 Å². The molecule has 21 heavy (non-hydrogen) atoms. The Balaban J connectivity index is 1.74. The fraction of sp³-hybridized carbons (Fsp3) is 0.500. The molecule has 0 radical (unpaired) electrons. The summed E-state index contributed by atoms with van der Waals surface area (Å²) in [6, 6.07) is 5.09. The summed E-state index contributed by atoms with van der Waals surface area (Å²) < 4.78 is 0. The van der Waals surface area contributed by atoms with Crippen LogP contribution in [0, 0.1) is 5.92 Å². The summed E-state index contributed by atoms with van der Waals surface area (Å²) in [5.74, 6) is 2.00. The summed E-state index contributed by atoms with van der Waals surface area (Å²) in [6.45, 7) is 0.679. The number of benzene rings is 1. The quantitative estimate of drug-likeness (QED) is 0.933. The average Bonchev–Trinajstić information content (AvgIpc) is 2.91. The van der Waals surface area contributed by atoms with Crippen molar-refractivity contribution in [1.29, 1.82) is 0 Å². The molecule has 0 bridgehead atoms. The minimum absolute atomic E-state index is 0.146. The van der Waals surface area contributed by atoms with Crippen LogP contribution in [-0.4, -0.2) is 35.0 Å². The zero-order valence-electron chi connectivity index (χ0n) is 11.9. The second kappa shape index (κ2) is 6.10. The van der Waals surface area contributed by atoms with Gasteiger partial charge in [0.25, 0.3) is 0 Å². The monoisotopic (exact) mass is 305 g/mol. The van der Waals surface area contributed by atoms with E-state index in [1.54, 1.807) is 17.0 Å². The highest BCUT2D eigenvalue weighted by atomic mass is 32.2. The Bertz CT molecular complexity index is 567. The largest absolute Gasteiger partial charge is 0.478 e. The first kappa shape index (κ1) is 14.4. The minimum atomic E-state index is -0.943. The van der Waals surface area contributed by atoms with Crippen molar-refractivity contribution in [1.82, 2.24) is 0 Å². The molecule has 1 N–H and O–H groups in total. The molecule has 1 saturated heterocycles. The van der Waals surface area contributed by atoms with Gasteiger partial charge in [0.05, 0.1) is 5.56 Å². The molecule has 112 valence electrons. The maximum Gasteiger partial charge on any atom is 0.335 e. The van der Waals surface area contributed by atoms with E-state index in [0.29, 0.717) is 18.9 Å². The number of carboxylic acids is 1. The maximum atomic E-state index is 12.5. The third-order valence-electron chi connectivity index (χ3n) is 4.33. The number of thioether (sulfide) groups is 1. The zero-order valence-corrected chi connectivity index (χ0v) is 12.7. The lowest BCUT2D eigenvalue weighted by atomic mass is 9.98. The Labute approximate surface area is 128 Å². The second-order valence-electron chi connectivity index (χ2n) is 5.70.